The van der Waals surface area contributed by atoms with Gasteiger partial charge in [-0.2, -0.15) is 10.2 Å². The van der Waals surface area contributed by atoms with E-state index in [9.17, 15) is 4.79 Å². The average Bonchev–Trinajstić information content (AvgIpc) is 3.41. The second-order valence-electron chi connectivity index (χ2n) is 13.4. The first-order chi connectivity index (χ1) is 22.4. The molecule has 46 heavy (non-hydrogen) atoms. The normalized spacial score (nSPS) is 19.8. The molecule has 240 valence electrons. The lowest BCUT2D eigenvalue weighted by atomic mass is 10.1. The van der Waals surface area contributed by atoms with Gasteiger partial charge in [-0.3, -0.25) is 9.69 Å². The molecule has 0 aliphatic carbocycles. The minimum Gasteiger partial charge on any atom is -0.457 e. The van der Waals surface area contributed by atoms with E-state index >= 15 is 0 Å². The Bertz CT molecular complexity index is 1660. The van der Waals surface area contributed by atoms with E-state index in [0.29, 0.717) is 30.8 Å². The Balaban J connectivity index is 1.13. The maximum absolute atomic E-state index is 12.7. The van der Waals surface area contributed by atoms with Crippen molar-refractivity contribution in [1.82, 2.24) is 25.0 Å². The SMILES string of the molecule is CC(C)c1ccc(-c2ccc(Oc3cc4nc(N5CCN(C6CCOCC6)CC5)ccc4cc3CN3C[C@@H](C)CC3=O)cc2)nn1. The summed E-state index contributed by atoms with van der Waals surface area (Å²) in [6.07, 6.45) is 2.85. The number of nitrogens with zero attached hydrogens (tertiary/aromatic N) is 6. The van der Waals surface area contributed by atoms with Gasteiger partial charge in [0.05, 0.1) is 16.9 Å². The molecule has 3 saturated heterocycles. The molecule has 9 nitrogen and oxygen atoms in total. The third kappa shape index (κ3) is 6.71. The Morgan fingerprint density at radius 3 is 2.39 bits per heavy atom. The van der Waals surface area contributed by atoms with E-state index in [1.165, 1.54) is 0 Å². The van der Waals surface area contributed by atoms with Crippen LogP contribution in [0.5, 0.6) is 11.5 Å². The number of rotatable bonds is 8. The summed E-state index contributed by atoms with van der Waals surface area (Å²) in [6.45, 7) is 13.4. The summed E-state index contributed by atoms with van der Waals surface area (Å²) < 4.78 is 12.1. The molecule has 0 saturated carbocycles. The van der Waals surface area contributed by atoms with E-state index < -0.39 is 0 Å². The smallest absolute Gasteiger partial charge is 0.223 e. The first-order valence-corrected chi connectivity index (χ1v) is 16.8. The van der Waals surface area contributed by atoms with E-state index in [2.05, 4.69) is 59.0 Å². The molecule has 0 bridgehead atoms. The monoisotopic (exact) mass is 620 g/mol. The van der Waals surface area contributed by atoms with Crippen LogP contribution in [0.4, 0.5) is 5.82 Å². The van der Waals surface area contributed by atoms with Crippen LogP contribution in [0, 0.1) is 5.92 Å². The fraction of sp³-hybridized carbons (Fsp3) is 0.459. The van der Waals surface area contributed by atoms with Crippen molar-refractivity contribution in [2.75, 3.05) is 50.8 Å². The van der Waals surface area contributed by atoms with E-state index in [1.54, 1.807) is 0 Å². The molecule has 2 aromatic heterocycles. The van der Waals surface area contributed by atoms with Crippen molar-refractivity contribution in [3.05, 3.63) is 71.9 Å². The molecular formula is C37H44N6O3. The average molecular weight is 621 g/mol. The van der Waals surface area contributed by atoms with Crippen LogP contribution in [-0.4, -0.2) is 82.9 Å². The molecule has 1 amide bonds. The second kappa shape index (κ2) is 13.3. The lowest BCUT2D eigenvalue weighted by Crippen LogP contribution is -2.51. The molecule has 0 unspecified atom stereocenters. The highest BCUT2D eigenvalue weighted by molar-refractivity contribution is 5.84. The fourth-order valence-electron chi connectivity index (χ4n) is 6.90. The Morgan fingerprint density at radius 2 is 1.72 bits per heavy atom. The number of carbonyl (C=O) groups is 1. The van der Waals surface area contributed by atoms with Crippen LogP contribution in [-0.2, 0) is 16.1 Å². The van der Waals surface area contributed by atoms with Crippen LogP contribution in [0.15, 0.2) is 60.7 Å². The first-order valence-electron chi connectivity index (χ1n) is 16.8. The Hall–Kier alpha value is -4.08. The minimum atomic E-state index is 0.195. The number of piperazine rings is 1. The van der Waals surface area contributed by atoms with E-state index in [0.717, 1.165) is 110 Å². The van der Waals surface area contributed by atoms with Gasteiger partial charge in [-0.25, -0.2) is 4.98 Å². The number of amides is 1. The minimum absolute atomic E-state index is 0.195. The number of pyridine rings is 1. The summed E-state index contributed by atoms with van der Waals surface area (Å²) in [5, 5.41) is 9.86. The Morgan fingerprint density at radius 1 is 0.935 bits per heavy atom. The number of anilines is 1. The lowest BCUT2D eigenvalue weighted by Gasteiger charge is -2.41. The molecule has 1 atom stereocenters. The Labute approximate surface area is 271 Å². The molecule has 0 spiro atoms. The van der Waals surface area contributed by atoms with Crippen molar-refractivity contribution in [3.8, 4) is 22.8 Å². The molecule has 0 N–H and O–H groups in total. The van der Waals surface area contributed by atoms with Crippen molar-refractivity contribution in [2.24, 2.45) is 5.92 Å². The zero-order valence-electron chi connectivity index (χ0n) is 27.2. The molecular weight excluding hydrogens is 576 g/mol. The van der Waals surface area contributed by atoms with Crippen molar-refractivity contribution in [1.29, 1.82) is 0 Å². The highest BCUT2D eigenvalue weighted by atomic mass is 16.5. The van der Waals surface area contributed by atoms with Crippen molar-refractivity contribution < 1.29 is 14.3 Å². The van der Waals surface area contributed by atoms with Crippen LogP contribution in [0.3, 0.4) is 0 Å². The predicted molar refractivity (Wildman–Crippen MR) is 180 cm³/mol. The highest BCUT2D eigenvalue weighted by Crippen LogP contribution is 2.34. The van der Waals surface area contributed by atoms with Crippen molar-refractivity contribution in [3.63, 3.8) is 0 Å². The molecule has 3 aliphatic heterocycles. The van der Waals surface area contributed by atoms with E-state index in [1.807, 2.05) is 47.4 Å². The summed E-state index contributed by atoms with van der Waals surface area (Å²) in [7, 11) is 0. The maximum Gasteiger partial charge on any atom is 0.223 e. The highest BCUT2D eigenvalue weighted by Gasteiger charge is 2.28. The van der Waals surface area contributed by atoms with Gasteiger partial charge in [-0.1, -0.05) is 20.8 Å². The number of aromatic nitrogens is 3. The maximum atomic E-state index is 12.7. The van der Waals surface area contributed by atoms with Crippen LogP contribution >= 0.6 is 0 Å². The van der Waals surface area contributed by atoms with Crippen LogP contribution < -0.4 is 9.64 Å². The number of hydrogen-bond acceptors (Lipinski definition) is 8. The third-order valence-electron chi connectivity index (χ3n) is 9.63. The molecule has 9 heteroatoms. The van der Waals surface area contributed by atoms with Gasteiger partial charge in [0, 0.05) is 87.5 Å². The summed E-state index contributed by atoms with van der Waals surface area (Å²) in [6, 6.07) is 21.1. The summed E-state index contributed by atoms with van der Waals surface area (Å²) in [5.41, 5.74) is 4.66. The van der Waals surface area contributed by atoms with Gasteiger partial charge in [-0.05, 0) is 79.3 Å². The zero-order valence-corrected chi connectivity index (χ0v) is 27.2. The number of fused-ring (bicyclic) bond motifs is 1. The molecule has 0 radical (unpaired) electrons. The topological polar surface area (TPSA) is 83.9 Å². The van der Waals surface area contributed by atoms with Gasteiger partial charge in [0.15, 0.2) is 0 Å². The van der Waals surface area contributed by atoms with Gasteiger partial charge in [0.25, 0.3) is 0 Å². The van der Waals surface area contributed by atoms with Gasteiger partial charge in [0.2, 0.25) is 5.91 Å². The molecule has 4 aromatic rings. The van der Waals surface area contributed by atoms with E-state index in [-0.39, 0.29) is 5.91 Å². The Kier molecular flexibility index (Phi) is 8.86. The number of carbonyl (C=O) groups excluding carboxylic acids is 1. The molecule has 5 heterocycles. The molecule has 3 aliphatic rings. The van der Waals surface area contributed by atoms with Crippen LogP contribution in [0.1, 0.15) is 57.2 Å². The van der Waals surface area contributed by atoms with Gasteiger partial charge < -0.3 is 19.3 Å². The molecule has 7 rings (SSSR count). The van der Waals surface area contributed by atoms with E-state index in [4.69, 9.17) is 14.5 Å². The predicted octanol–water partition coefficient (Wildman–Crippen LogP) is 6.28. The number of benzene rings is 2. The zero-order chi connectivity index (χ0) is 31.6. The summed E-state index contributed by atoms with van der Waals surface area (Å²) in [4.78, 5) is 24.8. The van der Waals surface area contributed by atoms with Gasteiger partial charge in [-0.15, -0.1) is 0 Å². The lowest BCUT2D eigenvalue weighted by molar-refractivity contribution is -0.128. The quantitative estimate of drug-likeness (QED) is 0.228. The number of ether oxygens (including phenoxy) is 2. The molecule has 3 fully saturated rings. The third-order valence-corrected chi connectivity index (χ3v) is 9.63. The van der Waals surface area contributed by atoms with Gasteiger partial charge in [0.1, 0.15) is 17.3 Å². The first kappa shape index (κ1) is 30.6. The largest absolute Gasteiger partial charge is 0.457 e. The number of likely N-dealkylation sites (tertiary alicyclic amines) is 1. The second-order valence-corrected chi connectivity index (χ2v) is 13.4. The molecule has 2 aromatic carbocycles. The van der Waals surface area contributed by atoms with Gasteiger partial charge >= 0.3 is 0 Å². The summed E-state index contributed by atoms with van der Waals surface area (Å²) in [5.74, 6) is 3.33. The standard InChI is InChI=1S/C37H44N6O3/c1-25(2)32-9-10-33(40-39-32)27-4-7-31(8-5-27)46-35-22-34-28(21-29(35)24-43-23-26(3)20-37(43)44)6-11-36(38-34)42-16-14-41(15-17-42)30-12-18-45-19-13-30/h4-11,21-22,25-26,30H,12-20,23-24H2,1-3H3/t26-/m0/s1. The fourth-order valence-corrected chi connectivity index (χ4v) is 6.90. The number of hydrogen-bond donors (Lipinski definition) is 0. The van der Waals surface area contributed by atoms with Crippen LogP contribution in [0.2, 0.25) is 0 Å². The summed E-state index contributed by atoms with van der Waals surface area (Å²) >= 11 is 0. The van der Waals surface area contributed by atoms with Crippen molar-refractivity contribution in [2.45, 2.75) is 58.5 Å². The van der Waals surface area contributed by atoms with Crippen molar-refractivity contribution >= 4 is 22.6 Å². The van der Waals surface area contributed by atoms with Crippen LogP contribution in [0.25, 0.3) is 22.2 Å².